The lowest BCUT2D eigenvalue weighted by Gasteiger charge is -2.10. The van der Waals surface area contributed by atoms with Crippen LogP contribution in [0.5, 0.6) is 0 Å². The normalized spacial score (nSPS) is 12.7. The summed E-state index contributed by atoms with van der Waals surface area (Å²) in [5, 5.41) is 3.06. The quantitative estimate of drug-likeness (QED) is 0.429. The molecule has 172 valence electrons. The maximum atomic E-state index is 13.0. The van der Waals surface area contributed by atoms with Gasteiger partial charge in [0.25, 0.3) is 5.91 Å². The van der Waals surface area contributed by atoms with E-state index in [4.69, 9.17) is 21.8 Å². The molecule has 9 heteroatoms. The molecule has 0 atom stereocenters. The summed E-state index contributed by atoms with van der Waals surface area (Å²) < 4.78 is 44.5. The third kappa shape index (κ3) is 6.26. The van der Waals surface area contributed by atoms with Gasteiger partial charge in [0.05, 0.1) is 16.4 Å². The molecule has 0 aliphatic carbocycles. The molecule has 1 heterocycles. The largest absolute Gasteiger partial charge is 0.466 e. The van der Waals surface area contributed by atoms with Gasteiger partial charge in [-0.05, 0) is 50.3 Å². The maximum Gasteiger partial charge on any atom is 0.430 e. The first-order valence-electron chi connectivity index (χ1n) is 9.86. The number of rotatable bonds is 6. The minimum atomic E-state index is -4.72. The fraction of sp³-hybridized carbons (Fsp3) is 0.167. The number of benzene rings is 2. The van der Waals surface area contributed by atoms with E-state index in [1.54, 1.807) is 24.3 Å². The number of amides is 1. The van der Waals surface area contributed by atoms with Crippen molar-refractivity contribution in [1.29, 1.82) is 0 Å². The minimum Gasteiger partial charge on any atom is -0.466 e. The van der Waals surface area contributed by atoms with Crippen molar-refractivity contribution in [3.63, 3.8) is 0 Å². The second-order valence-electron chi connectivity index (χ2n) is 7.24. The summed E-state index contributed by atoms with van der Waals surface area (Å²) in [4.78, 5) is 16.8. The zero-order chi connectivity index (χ0) is 24.2. The van der Waals surface area contributed by atoms with Crippen LogP contribution in [-0.4, -0.2) is 17.8 Å². The highest BCUT2D eigenvalue weighted by Crippen LogP contribution is 2.27. The molecule has 0 spiro atoms. The van der Waals surface area contributed by atoms with E-state index in [0.29, 0.717) is 11.1 Å². The first kappa shape index (κ1) is 24.1. The van der Waals surface area contributed by atoms with Crippen molar-refractivity contribution >= 4 is 28.9 Å². The predicted octanol–water partition coefficient (Wildman–Crippen LogP) is 6.01. The van der Waals surface area contributed by atoms with Crippen LogP contribution in [0.4, 0.5) is 18.9 Å². The van der Waals surface area contributed by atoms with E-state index in [9.17, 15) is 18.0 Å². The molecule has 5 nitrogen and oxygen atoms in total. The zero-order valence-corrected chi connectivity index (χ0v) is 18.6. The number of para-hydroxylation sites is 1. The van der Waals surface area contributed by atoms with Gasteiger partial charge in [0.15, 0.2) is 0 Å². The van der Waals surface area contributed by atoms with Gasteiger partial charge in [0, 0.05) is 23.2 Å². The lowest BCUT2D eigenvalue weighted by atomic mass is 10.1. The second-order valence-corrected chi connectivity index (χ2v) is 7.65. The van der Waals surface area contributed by atoms with Gasteiger partial charge in [0.2, 0.25) is 0 Å². The molecule has 3 rings (SSSR count). The smallest absolute Gasteiger partial charge is 0.430 e. The molecule has 1 aromatic heterocycles. The summed E-state index contributed by atoms with van der Waals surface area (Å²) >= 11 is 6.11. The molecule has 33 heavy (non-hydrogen) atoms. The predicted molar refractivity (Wildman–Crippen MR) is 122 cm³/mol. The van der Waals surface area contributed by atoms with E-state index in [2.05, 4.69) is 10.3 Å². The van der Waals surface area contributed by atoms with Crippen LogP contribution < -0.4 is 11.1 Å². The van der Waals surface area contributed by atoms with Gasteiger partial charge < -0.3 is 15.5 Å². The van der Waals surface area contributed by atoms with E-state index < -0.39 is 11.9 Å². The van der Waals surface area contributed by atoms with Gasteiger partial charge in [-0.25, -0.2) is 4.99 Å². The molecule has 2 aromatic carbocycles. The zero-order valence-electron chi connectivity index (χ0n) is 17.8. The highest BCUT2D eigenvalue weighted by molar-refractivity contribution is 6.33. The number of hydrogen-bond acceptors (Lipinski definition) is 4. The van der Waals surface area contributed by atoms with E-state index in [-0.39, 0.29) is 28.9 Å². The molecular formula is C24H21ClF3N3O2. The van der Waals surface area contributed by atoms with Crippen molar-refractivity contribution in [2.75, 3.05) is 0 Å². The Kier molecular flexibility index (Phi) is 7.28. The Morgan fingerprint density at radius 2 is 1.76 bits per heavy atom. The number of halogens is 4. The van der Waals surface area contributed by atoms with Crippen LogP contribution in [0.1, 0.15) is 33.0 Å². The maximum absolute atomic E-state index is 13.0. The second kappa shape index (κ2) is 9.95. The Bertz CT molecular complexity index is 1210. The molecule has 0 bridgehead atoms. The lowest BCUT2D eigenvalue weighted by Crippen LogP contribution is -2.23. The van der Waals surface area contributed by atoms with Crippen LogP contribution in [0.3, 0.4) is 0 Å². The number of aliphatic imine (C=N–C) groups is 1. The molecule has 1 amide bonds. The number of nitrogens with zero attached hydrogens (tertiary/aromatic N) is 1. The first-order chi connectivity index (χ1) is 15.5. The number of carbonyl (C=O) groups excluding carboxylic acids is 1. The number of furan rings is 1. The van der Waals surface area contributed by atoms with Crippen LogP contribution in [-0.2, 0) is 6.54 Å². The SMILES string of the molecule is Cc1cc(CNC(=O)c2ccc(C(C=C(N)C(F)(F)F)=Nc3ccccc3Cl)cc2)c(C)o1. The molecule has 0 aliphatic rings. The van der Waals surface area contributed by atoms with Crippen LogP contribution in [0, 0.1) is 13.8 Å². The van der Waals surface area contributed by atoms with Crippen LogP contribution in [0.2, 0.25) is 5.02 Å². The molecule has 0 aliphatic heterocycles. The average molecular weight is 476 g/mol. The van der Waals surface area contributed by atoms with Crippen molar-refractivity contribution in [3.8, 4) is 0 Å². The Morgan fingerprint density at radius 3 is 2.33 bits per heavy atom. The molecule has 0 radical (unpaired) electrons. The molecule has 0 saturated carbocycles. The Labute approximate surface area is 193 Å². The van der Waals surface area contributed by atoms with E-state index in [1.165, 1.54) is 24.3 Å². The van der Waals surface area contributed by atoms with Gasteiger partial charge in [-0.3, -0.25) is 4.79 Å². The Morgan fingerprint density at radius 1 is 1.12 bits per heavy atom. The summed E-state index contributed by atoms with van der Waals surface area (Å²) in [5.41, 5.74) is 5.68. The van der Waals surface area contributed by atoms with Crippen LogP contribution >= 0.6 is 11.6 Å². The highest BCUT2D eigenvalue weighted by atomic mass is 35.5. The Hall–Kier alpha value is -3.52. The van der Waals surface area contributed by atoms with Gasteiger partial charge in [0.1, 0.15) is 17.2 Å². The Balaban J connectivity index is 1.86. The van der Waals surface area contributed by atoms with E-state index in [0.717, 1.165) is 23.2 Å². The molecule has 3 aromatic rings. The lowest BCUT2D eigenvalue weighted by molar-refractivity contribution is -0.0925. The fourth-order valence-corrected chi connectivity index (χ4v) is 3.19. The summed E-state index contributed by atoms with van der Waals surface area (Å²) in [6, 6.07) is 14.3. The van der Waals surface area contributed by atoms with Crippen molar-refractivity contribution in [1.82, 2.24) is 5.32 Å². The van der Waals surface area contributed by atoms with Gasteiger partial charge in [-0.2, -0.15) is 13.2 Å². The summed E-state index contributed by atoms with van der Waals surface area (Å²) in [6.07, 6.45) is -3.98. The van der Waals surface area contributed by atoms with Crippen LogP contribution in [0.15, 0.2) is 75.8 Å². The molecular weight excluding hydrogens is 455 g/mol. The third-order valence-electron chi connectivity index (χ3n) is 4.74. The first-order valence-corrected chi connectivity index (χ1v) is 10.2. The molecule has 0 unspecified atom stereocenters. The standard InChI is InChI=1S/C24H21ClF3N3O2/c1-14-11-18(15(2)33-14)13-30-23(32)17-9-7-16(8-10-17)21(12-22(29)24(26,27)28)31-20-6-4-3-5-19(20)25/h3-12H,13,29H2,1-2H3,(H,30,32). The van der Waals surface area contributed by atoms with Crippen LogP contribution in [0.25, 0.3) is 0 Å². The summed E-state index contributed by atoms with van der Waals surface area (Å²) in [5.74, 6) is 1.13. The van der Waals surface area contributed by atoms with Gasteiger partial charge in [-0.15, -0.1) is 0 Å². The third-order valence-corrected chi connectivity index (χ3v) is 5.06. The molecule has 0 fully saturated rings. The number of carbonyl (C=O) groups is 1. The number of nitrogens with one attached hydrogen (secondary N) is 1. The number of aryl methyl sites for hydroxylation is 2. The molecule has 3 N–H and O–H groups in total. The fourth-order valence-electron chi connectivity index (χ4n) is 3.01. The summed E-state index contributed by atoms with van der Waals surface area (Å²) in [7, 11) is 0. The van der Waals surface area contributed by atoms with E-state index >= 15 is 0 Å². The number of nitrogens with two attached hydrogens (primary N) is 1. The number of hydrogen-bond donors (Lipinski definition) is 2. The van der Waals surface area contributed by atoms with E-state index in [1.807, 2.05) is 19.9 Å². The topological polar surface area (TPSA) is 80.6 Å². The van der Waals surface area contributed by atoms with Crippen molar-refractivity contribution in [2.45, 2.75) is 26.6 Å². The summed E-state index contributed by atoms with van der Waals surface area (Å²) in [6.45, 7) is 3.91. The van der Waals surface area contributed by atoms with Gasteiger partial charge >= 0.3 is 6.18 Å². The number of alkyl halides is 3. The average Bonchev–Trinajstić information content (AvgIpc) is 3.09. The monoisotopic (exact) mass is 475 g/mol. The van der Waals surface area contributed by atoms with Crippen molar-refractivity contribution in [3.05, 3.63) is 99.6 Å². The molecule has 0 saturated heterocycles. The van der Waals surface area contributed by atoms with Crippen molar-refractivity contribution < 1.29 is 22.4 Å². The van der Waals surface area contributed by atoms with Gasteiger partial charge in [-0.1, -0.05) is 35.9 Å². The minimum absolute atomic E-state index is 0.0469. The highest BCUT2D eigenvalue weighted by Gasteiger charge is 2.31. The number of allylic oxidation sites excluding steroid dienone is 2. The van der Waals surface area contributed by atoms with Crippen molar-refractivity contribution in [2.24, 2.45) is 10.7 Å².